The molecule has 3 aromatic rings. The van der Waals surface area contributed by atoms with Gasteiger partial charge in [-0.05, 0) is 48.9 Å². The van der Waals surface area contributed by atoms with Gasteiger partial charge in [0.15, 0.2) is 4.34 Å². The Balaban J connectivity index is 1.98. The molecule has 0 amide bonds. The topological polar surface area (TPSA) is 63.0 Å². The number of aromatic nitrogens is 1. The second kappa shape index (κ2) is 9.56. The van der Waals surface area contributed by atoms with Crippen LogP contribution in [0.25, 0.3) is 15.1 Å². The Kier molecular flexibility index (Phi) is 6.88. The summed E-state index contributed by atoms with van der Waals surface area (Å²) in [5.41, 5.74) is 1.79. The predicted octanol–water partition coefficient (Wildman–Crippen LogP) is 6.10. The molecule has 7 heteroatoms. The van der Waals surface area contributed by atoms with Crippen molar-refractivity contribution >= 4 is 55.8 Å². The first-order chi connectivity index (χ1) is 13.6. The van der Waals surface area contributed by atoms with Gasteiger partial charge in [-0.25, -0.2) is 9.78 Å². The highest BCUT2D eigenvalue weighted by atomic mass is 35.5. The van der Waals surface area contributed by atoms with E-state index in [1.165, 1.54) is 17.8 Å². The Hall–Kier alpha value is -2.59. The predicted molar refractivity (Wildman–Crippen MR) is 115 cm³/mol. The van der Waals surface area contributed by atoms with Crippen molar-refractivity contribution in [2.75, 3.05) is 6.61 Å². The average Bonchev–Trinajstić information content (AvgIpc) is 3.11. The molecular weight excluding hydrogens is 412 g/mol. The molecule has 1 heterocycles. The van der Waals surface area contributed by atoms with Crippen LogP contribution >= 0.6 is 34.7 Å². The average molecular weight is 427 g/mol. The van der Waals surface area contributed by atoms with Gasteiger partial charge in [-0.3, -0.25) is 0 Å². The molecule has 1 aromatic heterocycles. The molecule has 0 bridgehead atoms. The van der Waals surface area contributed by atoms with Gasteiger partial charge in [0, 0.05) is 9.93 Å². The van der Waals surface area contributed by atoms with E-state index in [1.807, 2.05) is 42.5 Å². The second-order valence-electron chi connectivity index (χ2n) is 5.50. The number of fused-ring (bicyclic) bond motifs is 1. The number of carbonyl (C=O) groups is 1. The van der Waals surface area contributed by atoms with E-state index < -0.39 is 5.97 Å². The molecule has 140 valence electrons. The van der Waals surface area contributed by atoms with Gasteiger partial charge < -0.3 is 4.74 Å². The minimum Gasteiger partial charge on any atom is -0.462 e. The largest absolute Gasteiger partial charge is 0.462 e. The van der Waals surface area contributed by atoms with Crippen LogP contribution in [0.2, 0.25) is 5.02 Å². The van der Waals surface area contributed by atoms with E-state index in [2.05, 4.69) is 4.98 Å². The van der Waals surface area contributed by atoms with Crippen molar-refractivity contribution in [2.24, 2.45) is 0 Å². The summed E-state index contributed by atoms with van der Waals surface area (Å²) >= 11 is 9.06. The number of thioether (sulfide) groups is 1. The number of halogens is 1. The quantitative estimate of drug-likeness (QED) is 0.157. The minimum absolute atomic E-state index is 0.0572. The molecule has 0 N–H and O–H groups in total. The van der Waals surface area contributed by atoms with Crippen LogP contribution < -0.4 is 0 Å². The number of hydrogen-bond donors (Lipinski definition) is 0. The maximum absolute atomic E-state index is 11.9. The van der Waals surface area contributed by atoms with Gasteiger partial charge in [0.25, 0.3) is 0 Å². The lowest BCUT2D eigenvalue weighted by Gasteiger charge is -2.05. The molecule has 4 nitrogen and oxygen atoms in total. The number of nitriles is 1. The summed E-state index contributed by atoms with van der Waals surface area (Å²) in [6, 6.07) is 17.2. The molecule has 0 aliphatic rings. The Morgan fingerprint density at radius 3 is 2.68 bits per heavy atom. The van der Waals surface area contributed by atoms with Crippen molar-refractivity contribution in [3.8, 4) is 6.07 Å². The number of esters is 1. The zero-order chi connectivity index (χ0) is 19.9. The fourth-order valence-corrected chi connectivity index (χ4v) is 4.56. The zero-order valence-corrected chi connectivity index (χ0v) is 17.3. The minimum atomic E-state index is -0.637. The van der Waals surface area contributed by atoms with Gasteiger partial charge in [-0.1, -0.05) is 47.6 Å². The van der Waals surface area contributed by atoms with Crippen molar-refractivity contribution in [3.05, 3.63) is 76.8 Å². The van der Waals surface area contributed by atoms with Crippen LogP contribution in [-0.4, -0.2) is 17.6 Å². The molecule has 3 rings (SSSR count). The lowest BCUT2D eigenvalue weighted by atomic mass is 10.2. The molecular formula is C21H15ClN2O2S2. The van der Waals surface area contributed by atoms with Crippen LogP contribution in [0.1, 0.15) is 12.5 Å². The summed E-state index contributed by atoms with van der Waals surface area (Å²) in [6.07, 6.45) is 3.21. The van der Waals surface area contributed by atoms with Crippen molar-refractivity contribution in [1.29, 1.82) is 5.26 Å². The summed E-state index contributed by atoms with van der Waals surface area (Å²) in [6.45, 7) is 1.91. The Morgan fingerprint density at radius 1 is 1.25 bits per heavy atom. The highest BCUT2D eigenvalue weighted by molar-refractivity contribution is 8.09. The highest BCUT2D eigenvalue weighted by Crippen LogP contribution is 2.38. The zero-order valence-electron chi connectivity index (χ0n) is 14.9. The van der Waals surface area contributed by atoms with Gasteiger partial charge >= 0.3 is 5.97 Å². The standard InChI is InChI=1S/C21H15ClN2O2S2/c1-2-26-20(25)15(13-23)9-12-18(14-7-10-16(22)11-8-14)27-21-24-17-5-3-4-6-19(17)28-21/h3-12H,2H2,1H3/b15-9+,18-12-. The van der Waals surface area contributed by atoms with E-state index in [9.17, 15) is 10.1 Å². The Labute approximate surface area is 176 Å². The smallest absolute Gasteiger partial charge is 0.348 e. The fraction of sp³-hybridized carbons (Fsp3) is 0.0952. The van der Waals surface area contributed by atoms with Crippen LogP contribution in [0.5, 0.6) is 0 Å². The van der Waals surface area contributed by atoms with E-state index in [4.69, 9.17) is 16.3 Å². The van der Waals surface area contributed by atoms with E-state index in [0.29, 0.717) is 5.02 Å². The molecule has 0 atom stereocenters. The van der Waals surface area contributed by atoms with E-state index in [1.54, 1.807) is 36.5 Å². The normalized spacial score (nSPS) is 12.0. The van der Waals surface area contributed by atoms with Crippen LogP contribution in [0, 0.1) is 11.3 Å². The van der Waals surface area contributed by atoms with E-state index in [-0.39, 0.29) is 12.2 Å². The van der Waals surface area contributed by atoms with Crippen molar-refractivity contribution in [1.82, 2.24) is 4.98 Å². The summed E-state index contributed by atoms with van der Waals surface area (Å²) in [5.74, 6) is -0.637. The summed E-state index contributed by atoms with van der Waals surface area (Å²) in [4.78, 5) is 17.4. The van der Waals surface area contributed by atoms with Gasteiger partial charge in [-0.2, -0.15) is 5.26 Å². The molecule has 2 aromatic carbocycles. The number of benzene rings is 2. The molecule has 0 aliphatic heterocycles. The third kappa shape index (κ3) is 5.02. The van der Waals surface area contributed by atoms with Gasteiger partial charge in [0.05, 0.1) is 16.8 Å². The number of thiazole rings is 1. The third-order valence-corrected chi connectivity index (χ3v) is 6.06. The van der Waals surface area contributed by atoms with Gasteiger partial charge in [0.2, 0.25) is 0 Å². The number of carbonyl (C=O) groups excluding carboxylic acids is 1. The molecule has 0 fully saturated rings. The number of para-hydroxylation sites is 1. The SMILES string of the molecule is CCOC(=O)/C(C#N)=C/C=C(\Sc1nc2ccccc2s1)c1ccc(Cl)cc1. The van der Waals surface area contributed by atoms with Crippen LogP contribution in [-0.2, 0) is 9.53 Å². The number of hydrogen-bond acceptors (Lipinski definition) is 6. The molecule has 0 saturated heterocycles. The van der Waals surface area contributed by atoms with Crippen LogP contribution in [0.15, 0.2) is 70.6 Å². The van der Waals surface area contributed by atoms with Crippen molar-refractivity contribution < 1.29 is 9.53 Å². The Morgan fingerprint density at radius 2 is 2.00 bits per heavy atom. The van der Waals surface area contributed by atoms with Crippen LogP contribution in [0.4, 0.5) is 0 Å². The lowest BCUT2D eigenvalue weighted by Crippen LogP contribution is -2.05. The van der Waals surface area contributed by atoms with E-state index >= 15 is 0 Å². The van der Waals surface area contributed by atoms with E-state index in [0.717, 1.165) is 25.0 Å². The first-order valence-electron chi connectivity index (χ1n) is 8.39. The fourth-order valence-electron chi connectivity index (χ4n) is 2.31. The first-order valence-corrected chi connectivity index (χ1v) is 10.4. The molecule has 0 saturated carbocycles. The monoisotopic (exact) mass is 426 g/mol. The maximum Gasteiger partial charge on any atom is 0.348 e. The van der Waals surface area contributed by atoms with Crippen molar-refractivity contribution in [3.63, 3.8) is 0 Å². The summed E-state index contributed by atoms with van der Waals surface area (Å²) in [7, 11) is 0. The molecule has 0 spiro atoms. The first kappa shape index (κ1) is 20.2. The highest BCUT2D eigenvalue weighted by Gasteiger charge is 2.12. The van der Waals surface area contributed by atoms with Gasteiger partial charge in [-0.15, -0.1) is 11.3 Å². The number of ether oxygens (including phenoxy) is 1. The molecule has 28 heavy (non-hydrogen) atoms. The number of nitrogens with zero attached hydrogens (tertiary/aromatic N) is 2. The summed E-state index contributed by atoms with van der Waals surface area (Å²) in [5, 5.41) is 9.88. The summed E-state index contributed by atoms with van der Waals surface area (Å²) < 4.78 is 6.88. The Bertz CT molecular complexity index is 1060. The number of allylic oxidation sites excluding steroid dienone is 2. The van der Waals surface area contributed by atoms with Crippen LogP contribution in [0.3, 0.4) is 0 Å². The van der Waals surface area contributed by atoms with Gasteiger partial charge in [0.1, 0.15) is 11.6 Å². The molecule has 0 unspecified atom stereocenters. The number of rotatable bonds is 6. The molecule has 0 aliphatic carbocycles. The maximum atomic E-state index is 11.9. The molecule has 0 radical (unpaired) electrons. The third-order valence-electron chi connectivity index (χ3n) is 3.62. The lowest BCUT2D eigenvalue weighted by molar-refractivity contribution is -0.138. The van der Waals surface area contributed by atoms with Crippen molar-refractivity contribution in [2.45, 2.75) is 11.3 Å². The second-order valence-corrected chi connectivity index (χ2v) is 8.26.